The monoisotopic (exact) mass is 475 g/mol. The van der Waals surface area contributed by atoms with Gasteiger partial charge in [0.2, 0.25) is 0 Å². The molecule has 0 spiro atoms. The molecule has 1 N–H and O–H groups in total. The first-order valence-electron chi connectivity index (χ1n) is 11.0. The van der Waals surface area contributed by atoms with E-state index in [4.69, 9.17) is 18.6 Å². The first-order valence-corrected chi connectivity index (χ1v) is 11.0. The number of methoxy groups -OCH3 is 1. The molecule has 0 amide bonds. The van der Waals surface area contributed by atoms with Crippen molar-refractivity contribution in [3.63, 3.8) is 0 Å². The highest BCUT2D eigenvalue weighted by Gasteiger charge is 2.23. The number of carboxylic acids is 1. The molecule has 9 nitrogen and oxygen atoms in total. The molecule has 3 aromatic rings. The summed E-state index contributed by atoms with van der Waals surface area (Å²) in [7, 11) is 3.11. The molecular weight excluding hydrogens is 450 g/mol. The molecular formula is C26H25N3O6. The predicted octanol–water partition coefficient (Wildman–Crippen LogP) is 4.71. The van der Waals surface area contributed by atoms with Crippen LogP contribution in [0.1, 0.15) is 28.9 Å². The van der Waals surface area contributed by atoms with Crippen LogP contribution < -0.4 is 4.74 Å². The second-order valence-electron chi connectivity index (χ2n) is 7.95. The maximum Gasteiger partial charge on any atom is 0.352 e. The summed E-state index contributed by atoms with van der Waals surface area (Å²) >= 11 is 0. The molecule has 3 aromatic heterocycles. The molecule has 1 aliphatic heterocycles. The number of pyridine rings is 1. The van der Waals surface area contributed by atoms with Crippen molar-refractivity contribution < 1.29 is 28.5 Å². The molecule has 0 aromatic carbocycles. The van der Waals surface area contributed by atoms with E-state index < -0.39 is 5.97 Å². The third-order valence-corrected chi connectivity index (χ3v) is 5.73. The molecule has 0 atom stereocenters. The fraction of sp³-hybridized carbons (Fsp3) is 0.269. The zero-order valence-electron chi connectivity index (χ0n) is 19.5. The second kappa shape index (κ2) is 10.3. The van der Waals surface area contributed by atoms with Crippen LogP contribution in [0.5, 0.6) is 5.75 Å². The summed E-state index contributed by atoms with van der Waals surface area (Å²) in [5.41, 5.74) is 2.69. The Morgan fingerprint density at radius 1 is 1.37 bits per heavy atom. The molecule has 1 saturated heterocycles. The number of nitrogens with zero attached hydrogens (tertiary/aromatic N) is 3. The number of aromatic carboxylic acids is 1. The Labute approximate surface area is 202 Å². The molecule has 0 unspecified atom stereocenters. The third-order valence-electron chi connectivity index (χ3n) is 5.73. The first-order chi connectivity index (χ1) is 16.9. The Morgan fingerprint density at radius 3 is 2.83 bits per heavy atom. The molecule has 9 heteroatoms. The summed E-state index contributed by atoms with van der Waals surface area (Å²) in [6.45, 7) is 5.04. The van der Waals surface area contributed by atoms with Crippen LogP contribution in [0.3, 0.4) is 0 Å². The number of fused-ring (bicyclic) bond motifs is 1. The van der Waals surface area contributed by atoms with E-state index in [9.17, 15) is 15.2 Å². The normalized spacial score (nSPS) is 14.8. The van der Waals surface area contributed by atoms with Gasteiger partial charge in [0.1, 0.15) is 40.6 Å². The van der Waals surface area contributed by atoms with Crippen molar-refractivity contribution in [2.24, 2.45) is 7.05 Å². The van der Waals surface area contributed by atoms with E-state index in [-0.39, 0.29) is 17.4 Å². The van der Waals surface area contributed by atoms with Gasteiger partial charge in [-0.1, -0.05) is 18.7 Å². The van der Waals surface area contributed by atoms with Gasteiger partial charge in [-0.15, -0.1) is 0 Å². The van der Waals surface area contributed by atoms with E-state index in [0.29, 0.717) is 47.3 Å². The van der Waals surface area contributed by atoms with Gasteiger partial charge >= 0.3 is 5.97 Å². The molecule has 1 fully saturated rings. The number of rotatable bonds is 8. The van der Waals surface area contributed by atoms with E-state index >= 15 is 0 Å². The lowest BCUT2D eigenvalue weighted by atomic mass is 10.1. The molecule has 4 rings (SSSR count). The van der Waals surface area contributed by atoms with Gasteiger partial charge in [-0.05, 0) is 12.1 Å². The molecule has 0 bridgehead atoms. The van der Waals surface area contributed by atoms with Gasteiger partial charge in [0.05, 0.1) is 25.9 Å². The Balaban J connectivity index is 1.66. The Morgan fingerprint density at radius 2 is 2.14 bits per heavy atom. The van der Waals surface area contributed by atoms with Crippen LogP contribution in [-0.2, 0) is 16.5 Å². The average Bonchev–Trinajstić information content (AvgIpc) is 3.44. The topological polar surface area (TPSA) is 120 Å². The fourth-order valence-electron chi connectivity index (χ4n) is 3.91. The van der Waals surface area contributed by atoms with Gasteiger partial charge in [-0.3, -0.25) is 4.98 Å². The number of carbonyl (C=O) groups is 1. The minimum Gasteiger partial charge on any atom is -0.494 e. The van der Waals surface area contributed by atoms with Crippen molar-refractivity contribution in [3.8, 4) is 23.3 Å². The number of ether oxygens (including phenoxy) is 3. The van der Waals surface area contributed by atoms with Crippen molar-refractivity contribution in [1.29, 1.82) is 5.26 Å². The maximum atomic E-state index is 11.6. The van der Waals surface area contributed by atoms with Crippen LogP contribution >= 0.6 is 0 Å². The Kier molecular flexibility index (Phi) is 7.03. The lowest BCUT2D eigenvalue weighted by molar-refractivity contribution is -0.00129. The Bertz CT molecular complexity index is 1370. The number of hydrogen-bond donors (Lipinski definition) is 1. The van der Waals surface area contributed by atoms with Gasteiger partial charge in [0.25, 0.3) is 0 Å². The minimum atomic E-state index is -1.07. The Hall–Kier alpha value is -4.29. The van der Waals surface area contributed by atoms with Crippen LogP contribution in [0.2, 0.25) is 0 Å². The highest BCUT2D eigenvalue weighted by molar-refractivity contribution is 5.91. The van der Waals surface area contributed by atoms with Crippen LogP contribution in [-0.4, -0.2) is 47.1 Å². The quantitative estimate of drug-likeness (QED) is 0.282. The molecule has 0 radical (unpaired) electrons. The van der Waals surface area contributed by atoms with Crippen LogP contribution in [0.25, 0.3) is 28.6 Å². The third kappa shape index (κ3) is 4.98. The molecule has 1 aliphatic rings. The molecule has 0 aliphatic carbocycles. The van der Waals surface area contributed by atoms with Gasteiger partial charge in [-0.2, -0.15) is 5.26 Å². The number of furan rings is 1. The zero-order chi connectivity index (χ0) is 24.9. The van der Waals surface area contributed by atoms with Crippen molar-refractivity contribution in [3.05, 3.63) is 65.7 Å². The predicted molar refractivity (Wildman–Crippen MR) is 129 cm³/mol. The van der Waals surface area contributed by atoms with Crippen molar-refractivity contribution in [2.75, 3.05) is 20.3 Å². The number of aromatic nitrogens is 2. The van der Waals surface area contributed by atoms with Crippen molar-refractivity contribution in [2.45, 2.75) is 18.9 Å². The standard InChI is InChI=1S/C26H25N3O6/c1-16(15-27)21(34-18-8-11-33-12-9-18)6-4-5-17-7-10-28-19-13-23(35-25(17)19)24-22(32-3)14-20(26(30)31)29(24)2/h4-7,10,13-14,18H,1,8-9,11-12H2,2-3H3,(H,30,31)/b5-4+,21-6+. The fourth-order valence-corrected chi connectivity index (χ4v) is 3.91. The first kappa shape index (κ1) is 23.9. The SMILES string of the molecule is C=C(C#N)/C(=C\C=C\c1ccnc2cc(-c3c(OC)cc(C(=O)O)n3C)oc12)OC1CCOCC1. The minimum absolute atomic E-state index is 0.0234. The van der Waals surface area contributed by atoms with Crippen LogP contribution in [0.15, 0.2) is 58.9 Å². The van der Waals surface area contributed by atoms with E-state index in [1.807, 2.05) is 12.1 Å². The number of nitriles is 1. The van der Waals surface area contributed by atoms with Gasteiger partial charge in [-0.25, -0.2) is 4.79 Å². The summed E-state index contributed by atoms with van der Waals surface area (Å²) in [5.74, 6) is 0.154. The van der Waals surface area contributed by atoms with Crippen molar-refractivity contribution >= 4 is 23.1 Å². The lowest BCUT2D eigenvalue weighted by Crippen LogP contribution is -2.23. The number of allylic oxidation sites excluding steroid dienone is 3. The molecule has 180 valence electrons. The van der Waals surface area contributed by atoms with E-state index in [1.54, 1.807) is 37.5 Å². The average molecular weight is 476 g/mol. The zero-order valence-corrected chi connectivity index (χ0v) is 19.5. The van der Waals surface area contributed by atoms with Gasteiger partial charge < -0.3 is 28.3 Å². The summed E-state index contributed by atoms with van der Waals surface area (Å²) in [6.07, 6.45) is 8.43. The highest BCUT2D eigenvalue weighted by atomic mass is 16.5. The second-order valence-corrected chi connectivity index (χ2v) is 7.95. The molecule has 35 heavy (non-hydrogen) atoms. The van der Waals surface area contributed by atoms with Gasteiger partial charge in [0.15, 0.2) is 11.3 Å². The summed E-state index contributed by atoms with van der Waals surface area (Å²) in [5, 5.41) is 18.8. The van der Waals surface area contributed by atoms with Crippen LogP contribution in [0, 0.1) is 11.3 Å². The summed E-state index contributed by atoms with van der Waals surface area (Å²) in [4.78, 5) is 15.9. The molecule has 4 heterocycles. The smallest absolute Gasteiger partial charge is 0.352 e. The van der Waals surface area contributed by atoms with Crippen LogP contribution in [0.4, 0.5) is 0 Å². The van der Waals surface area contributed by atoms with E-state index in [1.165, 1.54) is 17.7 Å². The van der Waals surface area contributed by atoms with E-state index in [0.717, 1.165) is 18.4 Å². The van der Waals surface area contributed by atoms with E-state index in [2.05, 4.69) is 11.6 Å². The lowest BCUT2D eigenvalue weighted by Gasteiger charge is -2.24. The highest BCUT2D eigenvalue weighted by Crippen LogP contribution is 2.36. The van der Waals surface area contributed by atoms with Crippen molar-refractivity contribution in [1.82, 2.24) is 9.55 Å². The maximum absolute atomic E-state index is 11.6. The summed E-state index contributed by atoms with van der Waals surface area (Å²) < 4.78 is 24.4. The largest absolute Gasteiger partial charge is 0.494 e. The number of hydrogen-bond acceptors (Lipinski definition) is 7. The number of carboxylic acid groups (broad SMARTS) is 1. The molecule has 0 saturated carbocycles. The van der Waals surface area contributed by atoms with Gasteiger partial charge in [0, 0.05) is 43.8 Å². The summed E-state index contributed by atoms with van der Waals surface area (Å²) in [6, 6.07) is 7.03.